The SMILES string of the molecule is C=C[C@H](CC(OC(=O)c1ccc(OC)cc1)c1ccc(OC)cc1)c1ccc(OC)cc1. The molecule has 0 N–H and O–H groups in total. The standard InChI is InChI=1S/C27H28O5/c1-5-19(20-6-12-23(29-2)13-7-20)18-26(21-8-14-24(30-3)15-9-21)32-27(28)22-10-16-25(31-4)17-11-22/h5-17,19,26H,1,18H2,2-4H3/t19-,26?/m1/s1. The molecular weight excluding hydrogens is 404 g/mol. The second-order valence-electron chi connectivity index (χ2n) is 7.25. The van der Waals surface area contributed by atoms with Crippen molar-refractivity contribution >= 4 is 5.97 Å². The van der Waals surface area contributed by atoms with Crippen LogP contribution >= 0.6 is 0 Å². The maximum absolute atomic E-state index is 12.9. The Kier molecular flexibility index (Phi) is 7.92. The number of rotatable bonds is 10. The van der Waals surface area contributed by atoms with Gasteiger partial charge in [0.1, 0.15) is 23.4 Å². The third-order valence-corrected chi connectivity index (χ3v) is 5.36. The second-order valence-corrected chi connectivity index (χ2v) is 7.25. The zero-order valence-corrected chi connectivity index (χ0v) is 18.6. The van der Waals surface area contributed by atoms with Crippen LogP contribution in [-0.2, 0) is 4.74 Å². The minimum atomic E-state index is -0.472. The van der Waals surface area contributed by atoms with E-state index in [1.807, 2.05) is 54.6 Å². The smallest absolute Gasteiger partial charge is 0.338 e. The Labute approximate surface area is 189 Å². The summed E-state index contributed by atoms with van der Waals surface area (Å²) in [5.74, 6) is 1.79. The predicted octanol–water partition coefficient (Wildman–Crippen LogP) is 5.97. The molecule has 3 aromatic carbocycles. The summed E-state index contributed by atoms with van der Waals surface area (Å²) in [7, 11) is 4.84. The molecule has 32 heavy (non-hydrogen) atoms. The Balaban J connectivity index is 1.86. The maximum Gasteiger partial charge on any atom is 0.338 e. The Bertz CT molecular complexity index is 1010. The number of carbonyl (C=O) groups excluding carboxylic acids is 1. The van der Waals surface area contributed by atoms with Crippen molar-refractivity contribution in [3.63, 3.8) is 0 Å². The average molecular weight is 433 g/mol. The Morgan fingerprint density at radius 3 is 1.62 bits per heavy atom. The normalized spacial score (nSPS) is 12.3. The number of hydrogen-bond acceptors (Lipinski definition) is 5. The summed E-state index contributed by atoms with van der Waals surface area (Å²) in [6.07, 6.45) is 1.95. The average Bonchev–Trinajstić information content (AvgIpc) is 2.86. The molecule has 0 aliphatic heterocycles. The minimum Gasteiger partial charge on any atom is -0.497 e. The van der Waals surface area contributed by atoms with Crippen molar-refractivity contribution in [2.75, 3.05) is 21.3 Å². The van der Waals surface area contributed by atoms with Gasteiger partial charge < -0.3 is 18.9 Å². The molecule has 2 atom stereocenters. The fourth-order valence-corrected chi connectivity index (χ4v) is 3.45. The summed E-state index contributed by atoms with van der Waals surface area (Å²) in [5.41, 5.74) is 2.41. The Hall–Kier alpha value is -3.73. The number of hydrogen-bond donors (Lipinski definition) is 0. The molecule has 0 saturated carbocycles. The van der Waals surface area contributed by atoms with E-state index >= 15 is 0 Å². The lowest BCUT2D eigenvalue weighted by atomic mass is 9.90. The minimum absolute atomic E-state index is 0.0170. The van der Waals surface area contributed by atoms with Crippen molar-refractivity contribution in [1.29, 1.82) is 0 Å². The van der Waals surface area contributed by atoms with Crippen LogP contribution in [0.15, 0.2) is 85.5 Å². The molecule has 1 unspecified atom stereocenters. The van der Waals surface area contributed by atoms with E-state index in [2.05, 4.69) is 6.58 Å². The fraction of sp³-hybridized carbons (Fsp3) is 0.222. The van der Waals surface area contributed by atoms with Gasteiger partial charge in [-0.3, -0.25) is 0 Å². The van der Waals surface area contributed by atoms with E-state index in [1.165, 1.54) is 0 Å². The van der Waals surface area contributed by atoms with Gasteiger partial charge in [-0.05, 0) is 66.1 Å². The van der Waals surface area contributed by atoms with Crippen LogP contribution < -0.4 is 14.2 Å². The largest absolute Gasteiger partial charge is 0.497 e. The quantitative estimate of drug-likeness (QED) is 0.292. The summed E-state index contributed by atoms with van der Waals surface area (Å²) in [5, 5.41) is 0. The second kappa shape index (κ2) is 11.0. The van der Waals surface area contributed by atoms with Crippen molar-refractivity contribution in [2.45, 2.75) is 18.4 Å². The van der Waals surface area contributed by atoms with E-state index in [9.17, 15) is 4.79 Å². The molecule has 0 spiro atoms. The van der Waals surface area contributed by atoms with Gasteiger partial charge in [-0.2, -0.15) is 0 Å². The number of carbonyl (C=O) groups is 1. The van der Waals surface area contributed by atoms with Crippen LogP contribution in [0.1, 0.15) is 39.9 Å². The van der Waals surface area contributed by atoms with Gasteiger partial charge in [0, 0.05) is 5.92 Å². The monoisotopic (exact) mass is 432 g/mol. The highest BCUT2D eigenvalue weighted by atomic mass is 16.5. The third kappa shape index (κ3) is 5.70. The van der Waals surface area contributed by atoms with Crippen LogP contribution in [0.25, 0.3) is 0 Å². The summed E-state index contributed by atoms with van der Waals surface area (Å²) in [4.78, 5) is 12.9. The molecule has 0 fully saturated rings. The van der Waals surface area contributed by atoms with Crippen LogP contribution in [0, 0.1) is 0 Å². The van der Waals surface area contributed by atoms with Gasteiger partial charge >= 0.3 is 5.97 Å². The van der Waals surface area contributed by atoms with Crippen LogP contribution in [0.2, 0.25) is 0 Å². The topological polar surface area (TPSA) is 54.0 Å². The van der Waals surface area contributed by atoms with Crippen molar-refractivity contribution in [3.8, 4) is 17.2 Å². The molecule has 0 radical (unpaired) electrons. The van der Waals surface area contributed by atoms with E-state index in [0.29, 0.717) is 17.7 Å². The molecule has 0 aliphatic rings. The first-order valence-electron chi connectivity index (χ1n) is 10.3. The molecular formula is C27H28O5. The van der Waals surface area contributed by atoms with Gasteiger partial charge in [-0.25, -0.2) is 4.79 Å². The van der Waals surface area contributed by atoms with E-state index < -0.39 is 12.1 Å². The van der Waals surface area contributed by atoms with E-state index in [4.69, 9.17) is 18.9 Å². The lowest BCUT2D eigenvalue weighted by molar-refractivity contribution is 0.0268. The summed E-state index contributed by atoms with van der Waals surface area (Å²) >= 11 is 0. The van der Waals surface area contributed by atoms with E-state index in [-0.39, 0.29) is 5.92 Å². The molecule has 3 aromatic rings. The number of benzene rings is 3. The number of methoxy groups -OCH3 is 3. The van der Waals surface area contributed by atoms with E-state index in [1.54, 1.807) is 45.6 Å². The maximum atomic E-state index is 12.9. The molecule has 0 bridgehead atoms. The first kappa shape index (κ1) is 22.9. The number of esters is 1. The van der Waals surface area contributed by atoms with Crippen molar-refractivity contribution in [1.82, 2.24) is 0 Å². The zero-order valence-electron chi connectivity index (χ0n) is 18.6. The molecule has 0 amide bonds. The van der Waals surface area contributed by atoms with Crippen LogP contribution in [0.4, 0.5) is 0 Å². The molecule has 0 heterocycles. The number of ether oxygens (including phenoxy) is 4. The first-order valence-corrected chi connectivity index (χ1v) is 10.3. The van der Waals surface area contributed by atoms with E-state index in [0.717, 1.165) is 22.6 Å². The molecule has 166 valence electrons. The summed E-state index contributed by atoms with van der Waals surface area (Å²) in [6.45, 7) is 4.00. The highest BCUT2D eigenvalue weighted by Crippen LogP contribution is 2.34. The lowest BCUT2D eigenvalue weighted by Crippen LogP contribution is -2.14. The Morgan fingerprint density at radius 2 is 1.19 bits per heavy atom. The summed E-state index contributed by atoms with van der Waals surface area (Å²) in [6, 6.07) is 22.3. The van der Waals surface area contributed by atoms with Crippen LogP contribution in [0.5, 0.6) is 17.2 Å². The van der Waals surface area contributed by atoms with Gasteiger partial charge in [-0.15, -0.1) is 6.58 Å². The molecule has 0 aromatic heterocycles. The molecule has 0 saturated heterocycles. The van der Waals surface area contributed by atoms with Gasteiger partial charge in [-0.1, -0.05) is 30.3 Å². The Morgan fingerprint density at radius 1 is 0.750 bits per heavy atom. The molecule has 5 nitrogen and oxygen atoms in total. The van der Waals surface area contributed by atoms with Gasteiger partial charge in [0.25, 0.3) is 0 Å². The zero-order chi connectivity index (χ0) is 22.9. The number of allylic oxidation sites excluding steroid dienone is 1. The van der Waals surface area contributed by atoms with Crippen molar-refractivity contribution < 1.29 is 23.7 Å². The summed E-state index contributed by atoms with van der Waals surface area (Å²) < 4.78 is 21.7. The molecule has 3 rings (SSSR count). The lowest BCUT2D eigenvalue weighted by Gasteiger charge is -2.23. The van der Waals surface area contributed by atoms with Crippen molar-refractivity contribution in [2.24, 2.45) is 0 Å². The van der Waals surface area contributed by atoms with Gasteiger partial charge in [0.05, 0.1) is 26.9 Å². The molecule has 0 aliphatic carbocycles. The highest BCUT2D eigenvalue weighted by molar-refractivity contribution is 5.89. The van der Waals surface area contributed by atoms with Crippen LogP contribution in [-0.4, -0.2) is 27.3 Å². The first-order chi connectivity index (χ1) is 15.6. The van der Waals surface area contributed by atoms with Crippen LogP contribution in [0.3, 0.4) is 0 Å². The fourth-order valence-electron chi connectivity index (χ4n) is 3.45. The van der Waals surface area contributed by atoms with Gasteiger partial charge in [0.2, 0.25) is 0 Å². The van der Waals surface area contributed by atoms with Gasteiger partial charge in [0.15, 0.2) is 0 Å². The van der Waals surface area contributed by atoms with Crippen molar-refractivity contribution in [3.05, 3.63) is 102 Å². The predicted molar refractivity (Wildman–Crippen MR) is 125 cm³/mol. The molecule has 5 heteroatoms. The third-order valence-electron chi connectivity index (χ3n) is 5.36. The highest BCUT2D eigenvalue weighted by Gasteiger charge is 2.23.